The normalized spacial score (nSPS) is 10.5. The molecule has 3 rings (SSSR count). The quantitative estimate of drug-likeness (QED) is 0.593. The van der Waals surface area contributed by atoms with Gasteiger partial charge in [-0.05, 0) is 30.3 Å². The highest BCUT2D eigenvalue weighted by Gasteiger charge is 2.19. The number of hydrogen-bond donors (Lipinski definition) is 3. The van der Waals surface area contributed by atoms with Crippen LogP contribution in [0.2, 0.25) is 5.15 Å². The lowest BCUT2D eigenvalue weighted by Gasteiger charge is -2.11. The number of nitrogens with zero attached hydrogens (tertiary/aromatic N) is 1. The first kappa shape index (κ1) is 17.5. The topological polar surface area (TPSA) is 109 Å². The second kappa shape index (κ2) is 7.28. The zero-order chi connectivity index (χ0) is 18.7. The Morgan fingerprint density at radius 2 is 1.81 bits per heavy atom. The molecule has 3 N–H and O–H groups in total. The van der Waals surface area contributed by atoms with E-state index < -0.39 is 24.2 Å². The van der Waals surface area contributed by atoms with Crippen LogP contribution in [0, 0.1) is 0 Å². The molecule has 0 saturated carbocycles. The molecule has 1 aromatic heterocycles. The third-order valence-electron chi connectivity index (χ3n) is 3.50. The molecule has 0 unspecified atom stereocenters. The summed E-state index contributed by atoms with van der Waals surface area (Å²) in [6.07, 6.45) is 0. The van der Waals surface area contributed by atoms with Gasteiger partial charge < -0.3 is 20.3 Å². The number of aliphatic carboxylic acids is 1. The predicted octanol–water partition coefficient (Wildman–Crippen LogP) is 3.20. The summed E-state index contributed by atoms with van der Waals surface area (Å²) in [5, 5.41) is 21.7. The van der Waals surface area contributed by atoms with E-state index in [1.165, 1.54) is 0 Å². The van der Waals surface area contributed by atoms with E-state index in [1.807, 2.05) is 18.2 Å². The second-order valence-corrected chi connectivity index (χ2v) is 5.66. The van der Waals surface area contributed by atoms with Crippen LogP contribution in [0.5, 0.6) is 17.2 Å². The summed E-state index contributed by atoms with van der Waals surface area (Å²) in [4.78, 5) is 26.4. The second-order valence-electron chi connectivity index (χ2n) is 5.30. The molecule has 0 aliphatic rings. The molecule has 0 spiro atoms. The number of hydrogen-bond acceptors (Lipinski definition) is 5. The zero-order valence-electron chi connectivity index (χ0n) is 13.3. The minimum atomic E-state index is -1.22. The standard InChI is InChI=1S/C18H13ClN2O5/c19-17-13-8-11(26-10-4-2-1-3-5-10)6-7-12(13)16(24)15(21-17)18(25)20-9-14(22)23/h1-8,24H,9H2,(H,20,25)(H,22,23). The molecule has 1 amide bonds. The highest BCUT2D eigenvalue weighted by atomic mass is 35.5. The van der Waals surface area contributed by atoms with Crippen molar-refractivity contribution in [3.63, 3.8) is 0 Å². The fourth-order valence-electron chi connectivity index (χ4n) is 2.33. The van der Waals surface area contributed by atoms with Crippen LogP contribution in [-0.4, -0.2) is 33.6 Å². The van der Waals surface area contributed by atoms with Crippen molar-refractivity contribution in [1.29, 1.82) is 0 Å². The van der Waals surface area contributed by atoms with Crippen LogP contribution in [-0.2, 0) is 4.79 Å². The number of carbonyl (C=O) groups excluding carboxylic acids is 1. The maximum absolute atomic E-state index is 12.0. The molecule has 7 nitrogen and oxygen atoms in total. The molecule has 0 fully saturated rings. The van der Waals surface area contributed by atoms with Crippen LogP contribution in [0.25, 0.3) is 10.8 Å². The number of nitrogens with one attached hydrogen (secondary N) is 1. The third kappa shape index (κ3) is 3.68. The maximum atomic E-state index is 12.0. The lowest BCUT2D eigenvalue weighted by Crippen LogP contribution is -2.30. The summed E-state index contributed by atoms with van der Waals surface area (Å²) in [5.41, 5.74) is -0.347. The number of ether oxygens (including phenoxy) is 1. The average Bonchev–Trinajstić information content (AvgIpc) is 2.63. The van der Waals surface area contributed by atoms with E-state index >= 15 is 0 Å². The molecule has 2 aromatic carbocycles. The van der Waals surface area contributed by atoms with Gasteiger partial charge in [0, 0.05) is 10.8 Å². The summed E-state index contributed by atoms with van der Waals surface area (Å²) < 4.78 is 5.71. The van der Waals surface area contributed by atoms with Gasteiger partial charge in [-0.3, -0.25) is 9.59 Å². The Balaban J connectivity index is 1.96. The molecule has 0 aliphatic heterocycles. The van der Waals surface area contributed by atoms with E-state index in [0.717, 1.165) is 0 Å². The number of fused-ring (bicyclic) bond motifs is 1. The molecule has 3 aromatic rings. The highest BCUT2D eigenvalue weighted by Crippen LogP contribution is 2.35. The van der Waals surface area contributed by atoms with Crippen LogP contribution in [0.15, 0.2) is 48.5 Å². The van der Waals surface area contributed by atoms with E-state index in [2.05, 4.69) is 10.3 Å². The molecule has 0 saturated heterocycles. The summed E-state index contributed by atoms with van der Waals surface area (Å²) in [5.74, 6) is -1.33. The molecule has 0 aliphatic carbocycles. The Morgan fingerprint density at radius 1 is 1.08 bits per heavy atom. The maximum Gasteiger partial charge on any atom is 0.322 e. The number of aromatic hydroxyl groups is 1. The Labute approximate surface area is 152 Å². The van der Waals surface area contributed by atoms with Crippen molar-refractivity contribution < 1.29 is 24.5 Å². The van der Waals surface area contributed by atoms with Gasteiger partial charge in [-0.15, -0.1) is 0 Å². The van der Waals surface area contributed by atoms with Gasteiger partial charge in [-0.25, -0.2) is 4.98 Å². The third-order valence-corrected chi connectivity index (χ3v) is 3.78. The lowest BCUT2D eigenvalue weighted by molar-refractivity contribution is -0.135. The van der Waals surface area contributed by atoms with Gasteiger partial charge in [-0.2, -0.15) is 0 Å². The number of rotatable bonds is 5. The molecular formula is C18H13ClN2O5. The number of carboxylic acid groups (broad SMARTS) is 1. The van der Waals surface area contributed by atoms with E-state index in [0.29, 0.717) is 22.3 Å². The van der Waals surface area contributed by atoms with E-state index in [1.54, 1.807) is 30.3 Å². The van der Waals surface area contributed by atoms with Gasteiger partial charge in [0.1, 0.15) is 23.2 Å². The van der Waals surface area contributed by atoms with Crippen molar-refractivity contribution in [3.05, 3.63) is 59.4 Å². The van der Waals surface area contributed by atoms with Crippen molar-refractivity contribution in [2.75, 3.05) is 6.54 Å². The Bertz CT molecular complexity index is 992. The zero-order valence-corrected chi connectivity index (χ0v) is 14.0. The molecular weight excluding hydrogens is 360 g/mol. The number of aromatic nitrogens is 1. The molecule has 0 radical (unpaired) electrons. The number of carboxylic acids is 1. The van der Waals surface area contributed by atoms with Crippen LogP contribution in [0.1, 0.15) is 10.5 Å². The average molecular weight is 373 g/mol. The first-order chi connectivity index (χ1) is 12.5. The van der Waals surface area contributed by atoms with Gasteiger partial charge in [-0.1, -0.05) is 29.8 Å². The van der Waals surface area contributed by atoms with Crippen molar-refractivity contribution in [3.8, 4) is 17.2 Å². The minimum absolute atomic E-state index is 0.0169. The Morgan fingerprint density at radius 3 is 2.50 bits per heavy atom. The fraction of sp³-hybridized carbons (Fsp3) is 0.0556. The van der Waals surface area contributed by atoms with Crippen molar-refractivity contribution in [2.24, 2.45) is 0 Å². The number of carbonyl (C=O) groups is 2. The van der Waals surface area contributed by atoms with Crippen LogP contribution < -0.4 is 10.1 Å². The number of halogens is 1. The molecule has 0 bridgehead atoms. The molecule has 0 atom stereocenters. The fourth-order valence-corrected chi connectivity index (χ4v) is 2.57. The number of para-hydroxylation sites is 1. The van der Waals surface area contributed by atoms with Gasteiger partial charge in [0.05, 0.1) is 0 Å². The van der Waals surface area contributed by atoms with Crippen LogP contribution >= 0.6 is 11.6 Å². The summed E-state index contributed by atoms with van der Waals surface area (Å²) >= 11 is 6.14. The largest absolute Gasteiger partial charge is 0.505 e. The van der Waals surface area contributed by atoms with Crippen molar-refractivity contribution in [1.82, 2.24) is 10.3 Å². The number of benzene rings is 2. The van der Waals surface area contributed by atoms with Crippen molar-refractivity contribution in [2.45, 2.75) is 0 Å². The molecule has 26 heavy (non-hydrogen) atoms. The van der Waals surface area contributed by atoms with E-state index in [-0.39, 0.29) is 10.8 Å². The minimum Gasteiger partial charge on any atom is -0.505 e. The number of amides is 1. The molecule has 8 heteroatoms. The van der Waals surface area contributed by atoms with Gasteiger partial charge in [0.2, 0.25) is 0 Å². The van der Waals surface area contributed by atoms with Gasteiger partial charge in [0.15, 0.2) is 11.4 Å². The first-order valence-corrected chi connectivity index (χ1v) is 7.88. The Hall–Kier alpha value is -3.32. The number of pyridine rings is 1. The summed E-state index contributed by atoms with van der Waals surface area (Å²) in [6, 6.07) is 13.9. The first-order valence-electron chi connectivity index (χ1n) is 7.51. The van der Waals surface area contributed by atoms with E-state index in [9.17, 15) is 14.7 Å². The predicted molar refractivity (Wildman–Crippen MR) is 94.9 cm³/mol. The Kier molecular flexibility index (Phi) is 4.90. The monoisotopic (exact) mass is 372 g/mol. The molecule has 1 heterocycles. The highest BCUT2D eigenvalue weighted by molar-refractivity contribution is 6.35. The van der Waals surface area contributed by atoms with Crippen LogP contribution in [0.4, 0.5) is 0 Å². The smallest absolute Gasteiger partial charge is 0.322 e. The summed E-state index contributed by atoms with van der Waals surface area (Å²) in [7, 11) is 0. The molecule has 132 valence electrons. The lowest BCUT2D eigenvalue weighted by atomic mass is 10.1. The summed E-state index contributed by atoms with van der Waals surface area (Å²) in [6.45, 7) is -0.598. The van der Waals surface area contributed by atoms with Gasteiger partial charge >= 0.3 is 5.97 Å². The van der Waals surface area contributed by atoms with E-state index in [4.69, 9.17) is 21.4 Å². The van der Waals surface area contributed by atoms with Gasteiger partial charge in [0.25, 0.3) is 5.91 Å². The van der Waals surface area contributed by atoms with Crippen LogP contribution in [0.3, 0.4) is 0 Å². The van der Waals surface area contributed by atoms with Crippen molar-refractivity contribution >= 4 is 34.2 Å². The SMILES string of the molecule is O=C(O)CNC(=O)c1nc(Cl)c2cc(Oc3ccccc3)ccc2c1O.